The molecule has 0 aromatic heterocycles. The second-order valence-corrected chi connectivity index (χ2v) is 4.83. The Morgan fingerprint density at radius 3 is 2.19 bits per heavy atom. The van der Waals surface area contributed by atoms with E-state index >= 15 is 0 Å². The Hall–Kier alpha value is -2.17. The highest BCUT2D eigenvalue weighted by atomic mass is 16.5. The summed E-state index contributed by atoms with van der Waals surface area (Å²) in [5.74, 6) is 0. The van der Waals surface area contributed by atoms with Gasteiger partial charge in [0.05, 0.1) is 24.6 Å². The van der Waals surface area contributed by atoms with Crippen molar-refractivity contribution < 1.29 is 4.74 Å². The lowest BCUT2D eigenvalue weighted by Gasteiger charge is -2.35. The molecule has 0 radical (unpaired) electrons. The Morgan fingerprint density at radius 2 is 1.52 bits per heavy atom. The third-order valence-electron chi connectivity index (χ3n) is 3.39. The summed E-state index contributed by atoms with van der Waals surface area (Å²) in [4.78, 5) is 4.58. The minimum absolute atomic E-state index is 0.752. The van der Waals surface area contributed by atoms with Gasteiger partial charge in [0.2, 0.25) is 0 Å². The van der Waals surface area contributed by atoms with E-state index in [0.717, 1.165) is 37.7 Å². The zero-order valence-electron chi connectivity index (χ0n) is 11.9. The fourth-order valence-electron chi connectivity index (χ4n) is 2.29. The quantitative estimate of drug-likeness (QED) is 0.637. The van der Waals surface area contributed by atoms with Crippen molar-refractivity contribution in [1.29, 1.82) is 0 Å². The molecule has 0 unspecified atom stereocenters. The van der Waals surface area contributed by atoms with Gasteiger partial charge in [-0.05, 0) is 24.3 Å². The van der Waals surface area contributed by atoms with Crippen LogP contribution in [0.25, 0.3) is 0 Å². The summed E-state index contributed by atoms with van der Waals surface area (Å²) in [6, 6.07) is 20.3. The summed E-state index contributed by atoms with van der Waals surface area (Å²) in [5.41, 5.74) is 2.06. The van der Waals surface area contributed by atoms with E-state index in [9.17, 15) is 0 Å². The summed E-state index contributed by atoms with van der Waals surface area (Å²) in [6.07, 6.45) is 1.88. The van der Waals surface area contributed by atoms with Gasteiger partial charge in [0.1, 0.15) is 6.34 Å². The molecule has 4 heteroatoms. The first-order chi connectivity index (χ1) is 10.4. The largest absolute Gasteiger partial charge is 0.379 e. The molecule has 0 N–H and O–H groups in total. The van der Waals surface area contributed by atoms with Gasteiger partial charge >= 0.3 is 0 Å². The lowest BCUT2D eigenvalue weighted by Crippen LogP contribution is -2.48. The topological polar surface area (TPSA) is 28.1 Å². The summed E-state index contributed by atoms with van der Waals surface area (Å²) in [7, 11) is 0. The molecule has 2 aromatic rings. The third-order valence-corrected chi connectivity index (χ3v) is 3.39. The minimum atomic E-state index is 0.752. The van der Waals surface area contributed by atoms with Gasteiger partial charge in [0.25, 0.3) is 0 Å². The van der Waals surface area contributed by atoms with Crippen molar-refractivity contribution in [3.8, 4) is 0 Å². The van der Waals surface area contributed by atoms with Crippen LogP contribution in [0.1, 0.15) is 0 Å². The minimum Gasteiger partial charge on any atom is -0.379 e. The molecule has 0 atom stereocenters. The van der Waals surface area contributed by atoms with Gasteiger partial charge in [-0.2, -0.15) is 0 Å². The van der Waals surface area contributed by atoms with E-state index in [4.69, 9.17) is 4.74 Å². The fourth-order valence-corrected chi connectivity index (χ4v) is 2.29. The fraction of sp³-hybridized carbons (Fsp3) is 0.235. The zero-order chi connectivity index (χ0) is 14.3. The molecule has 1 fully saturated rings. The van der Waals surface area contributed by atoms with Crippen LogP contribution in [0.5, 0.6) is 0 Å². The number of hydrazine groups is 1. The second kappa shape index (κ2) is 7.02. The van der Waals surface area contributed by atoms with Crippen LogP contribution in [0.4, 0.5) is 11.4 Å². The van der Waals surface area contributed by atoms with E-state index in [1.54, 1.807) is 0 Å². The van der Waals surface area contributed by atoms with Crippen LogP contribution >= 0.6 is 0 Å². The smallest absolute Gasteiger partial charge is 0.111 e. The van der Waals surface area contributed by atoms with Crippen molar-refractivity contribution in [3.63, 3.8) is 0 Å². The SMILES string of the molecule is C(=Nc1ccccc1)N(c1ccccc1)N1CCOCC1. The van der Waals surface area contributed by atoms with E-state index in [0.29, 0.717) is 0 Å². The van der Waals surface area contributed by atoms with Gasteiger partial charge in [-0.25, -0.2) is 10.0 Å². The number of ether oxygens (including phenoxy) is 1. The molecule has 0 spiro atoms. The lowest BCUT2D eigenvalue weighted by molar-refractivity contribution is 0.0399. The van der Waals surface area contributed by atoms with E-state index in [-0.39, 0.29) is 0 Å². The van der Waals surface area contributed by atoms with Crippen molar-refractivity contribution >= 4 is 17.7 Å². The maximum atomic E-state index is 5.44. The number of anilines is 1. The van der Waals surface area contributed by atoms with Gasteiger partial charge in [-0.3, -0.25) is 5.01 Å². The van der Waals surface area contributed by atoms with Crippen LogP contribution < -0.4 is 5.01 Å². The molecule has 2 aromatic carbocycles. The maximum Gasteiger partial charge on any atom is 0.111 e. The first-order valence-corrected chi connectivity index (χ1v) is 7.19. The summed E-state index contributed by atoms with van der Waals surface area (Å²) < 4.78 is 5.44. The van der Waals surface area contributed by atoms with Gasteiger partial charge < -0.3 is 4.74 Å². The summed E-state index contributed by atoms with van der Waals surface area (Å²) in [6.45, 7) is 3.25. The van der Waals surface area contributed by atoms with Crippen molar-refractivity contribution in [2.75, 3.05) is 31.3 Å². The standard InChI is InChI=1S/C17H19N3O/c1-3-7-16(8-4-1)18-15-20(17-9-5-2-6-10-17)19-11-13-21-14-12-19/h1-10,15H,11-14H2. The predicted molar refractivity (Wildman–Crippen MR) is 85.9 cm³/mol. The van der Waals surface area contributed by atoms with E-state index in [1.165, 1.54) is 0 Å². The maximum absolute atomic E-state index is 5.44. The number of nitrogens with zero attached hydrogens (tertiary/aromatic N) is 3. The Kier molecular flexibility index (Phi) is 4.61. The first-order valence-electron chi connectivity index (χ1n) is 7.19. The molecule has 108 valence electrons. The Morgan fingerprint density at radius 1 is 0.905 bits per heavy atom. The highest BCUT2D eigenvalue weighted by molar-refractivity contribution is 5.79. The highest BCUT2D eigenvalue weighted by Gasteiger charge is 2.17. The van der Waals surface area contributed by atoms with Crippen LogP contribution in [0.15, 0.2) is 65.7 Å². The number of benzene rings is 2. The Labute approximate surface area is 125 Å². The average Bonchev–Trinajstić information content (AvgIpc) is 2.58. The molecule has 0 amide bonds. The van der Waals surface area contributed by atoms with Crippen molar-refractivity contribution in [3.05, 3.63) is 60.7 Å². The molecule has 1 aliphatic rings. The lowest BCUT2D eigenvalue weighted by atomic mass is 10.3. The Balaban J connectivity index is 1.83. The van der Waals surface area contributed by atoms with Crippen LogP contribution in [-0.4, -0.2) is 37.7 Å². The highest BCUT2D eigenvalue weighted by Crippen LogP contribution is 2.17. The normalized spacial score (nSPS) is 16.2. The molecule has 21 heavy (non-hydrogen) atoms. The number of aliphatic imine (C=N–C) groups is 1. The van der Waals surface area contributed by atoms with Crippen LogP contribution in [-0.2, 0) is 4.74 Å². The first kappa shape index (κ1) is 13.8. The van der Waals surface area contributed by atoms with Crippen LogP contribution in [0.3, 0.4) is 0 Å². The van der Waals surface area contributed by atoms with Crippen molar-refractivity contribution in [2.45, 2.75) is 0 Å². The van der Waals surface area contributed by atoms with Gasteiger partial charge in [0, 0.05) is 13.1 Å². The van der Waals surface area contributed by atoms with E-state index in [1.807, 2.05) is 54.9 Å². The van der Waals surface area contributed by atoms with Gasteiger partial charge in [-0.15, -0.1) is 0 Å². The third kappa shape index (κ3) is 3.68. The summed E-state index contributed by atoms with van der Waals surface area (Å²) in [5, 5.41) is 4.36. The zero-order valence-corrected chi connectivity index (χ0v) is 11.9. The molecule has 1 heterocycles. The number of hydrogen-bond donors (Lipinski definition) is 0. The van der Waals surface area contributed by atoms with Gasteiger partial charge in [0.15, 0.2) is 0 Å². The number of hydrogen-bond acceptors (Lipinski definition) is 3. The molecule has 1 aliphatic heterocycles. The molecule has 3 rings (SSSR count). The van der Waals surface area contributed by atoms with E-state index in [2.05, 4.69) is 27.1 Å². The summed E-state index contributed by atoms with van der Waals surface area (Å²) >= 11 is 0. The number of rotatable bonds is 4. The van der Waals surface area contributed by atoms with Crippen molar-refractivity contribution in [2.24, 2.45) is 4.99 Å². The molecule has 0 bridgehead atoms. The van der Waals surface area contributed by atoms with Gasteiger partial charge in [-0.1, -0.05) is 36.4 Å². The molecular formula is C17H19N3O. The molecular weight excluding hydrogens is 262 g/mol. The van der Waals surface area contributed by atoms with E-state index < -0.39 is 0 Å². The second-order valence-electron chi connectivity index (χ2n) is 4.83. The average molecular weight is 281 g/mol. The molecule has 4 nitrogen and oxygen atoms in total. The Bertz CT molecular complexity index is 565. The molecule has 0 saturated carbocycles. The van der Waals surface area contributed by atoms with Crippen LogP contribution in [0, 0.1) is 0 Å². The predicted octanol–water partition coefficient (Wildman–Crippen LogP) is 3.10. The van der Waals surface area contributed by atoms with Crippen molar-refractivity contribution in [1.82, 2.24) is 5.01 Å². The molecule has 1 saturated heterocycles. The molecule has 0 aliphatic carbocycles. The number of morpholine rings is 1. The monoisotopic (exact) mass is 281 g/mol. The van der Waals surface area contributed by atoms with Crippen LogP contribution in [0.2, 0.25) is 0 Å². The number of para-hydroxylation sites is 2.